The van der Waals surface area contributed by atoms with Crippen molar-refractivity contribution in [2.45, 2.75) is 31.8 Å². The molecule has 3 rings (SSSR count). The van der Waals surface area contributed by atoms with Crippen LogP contribution in [0.3, 0.4) is 0 Å². The number of nitrogens with zero attached hydrogens (tertiary/aromatic N) is 3. The fourth-order valence-electron chi connectivity index (χ4n) is 2.96. The minimum Gasteiger partial charge on any atom is -0.407 e. The Bertz CT molecular complexity index is 395. The number of nitrogens with one attached hydrogen (secondary N) is 1. The predicted octanol–water partition coefficient (Wildman–Crippen LogP) is 0.794. The van der Waals surface area contributed by atoms with Gasteiger partial charge in [0.25, 0.3) is 0 Å². The lowest BCUT2D eigenvalue weighted by atomic mass is 10.1. The summed E-state index contributed by atoms with van der Waals surface area (Å²) >= 11 is 0. The topological polar surface area (TPSA) is 63.4 Å². The Balaban J connectivity index is 1.53. The van der Waals surface area contributed by atoms with Gasteiger partial charge in [-0.3, -0.25) is 0 Å². The number of methoxy groups -OCH3 is 1. The van der Waals surface area contributed by atoms with Crippen molar-refractivity contribution >= 4 is 6.01 Å². The maximum Gasteiger partial charge on any atom is 0.318 e. The molecule has 2 unspecified atom stereocenters. The first-order chi connectivity index (χ1) is 8.86. The summed E-state index contributed by atoms with van der Waals surface area (Å²) in [5, 5.41) is 11.4. The van der Waals surface area contributed by atoms with Crippen LogP contribution in [0.15, 0.2) is 4.42 Å². The molecule has 0 aromatic carbocycles. The van der Waals surface area contributed by atoms with Crippen molar-refractivity contribution < 1.29 is 9.15 Å². The highest BCUT2D eigenvalue weighted by molar-refractivity contribution is 5.31. The summed E-state index contributed by atoms with van der Waals surface area (Å²) in [6, 6.07) is 1.33. The van der Waals surface area contributed by atoms with Crippen LogP contribution in [0.4, 0.5) is 6.01 Å². The van der Waals surface area contributed by atoms with E-state index in [9.17, 15) is 0 Å². The van der Waals surface area contributed by atoms with Crippen LogP contribution in [0, 0.1) is 5.92 Å². The fraction of sp³-hybridized carbons (Fsp3) is 0.833. The van der Waals surface area contributed by atoms with Gasteiger partial charge in [0, 0.05) is 26.2 Å². The first-order valence-corrected chi connectivity index (χ1v) is 6.65. The molecule has 2 fully saturated rings. The average molecular weight is 252 g/mol. The minimum atomic E-state index is 0.609. The fourth-order valence-corrected chi connectivity index (χ4v) is 2.96. The van der Waals surface area contributed by atoms with Gasteiger partial charge in [-0.2, -0.15) is 0 Å². The van der Waals surface area contributed by atoms with Crippen LogP contribution in [0.1, 0.15) is 25.2 Å². The summed E-state index contributed by atoms with van der Waals surface area (Å²) in [4.78, 5) is 2.28. The summed E-state index contributed by atoms with van der Waals surface area (Å²) in [6.07, 6.45) is 3.93. The van der Waals surface area contributed by atoms with Gasteiger partial charge < -0.3 is 19.4 Å². The molecule has 1 aliphatic heterocycles. The van der Waals surface area contributed by atoms with E-state index in [0.717, 1.165) is 19.0 Å². The van der Waals surface area contributed by atoms with Gasteiger partial charge in [-0.25, -0.2) is 0 Å². The Morgan fingerprint density at radius 1 is 1.44 bits per heavy atom. The number of rotatable bonds is 6. The van der Waals surface area contributed by atoms with Gasteiger partial charge in [-0.05, 0) is 25.2 Å². The molecule has 1 aromatic rings. The second-order valence-electron chi connectivity index (χ2n) is 5.13. The zero-order valence-corrected chi connectivity index (χ0v) is 10.8. The number of hydrogen-bond donors (Lipinski definition) is 1. The maximum atomic E-state index is 5.70. The molecule has 2 aliphatic rings. The highest BCUT2D eigenvalue weighted by Gasteiger charge is 2.40. The van der Waals surface area contributed by atoms with Gasteiger partial charge in [-0.1, -0.05) is 5.10 Å². The van der Waals surface area contributed by atoms with Crippen LogP contribution in [0.25, 0.3) is 0 Å². The van der Waals surface area contributed by atoms with Crippen LogP contribution < -0.4 is 10.2 Å². The van der Waals surface area contributed by atoms with Crippen LogP contribution in [-0.4, -0.2) is 43.0 Å². The smallest absolute Gasteiger partial charge is 0.318 e. The van der Waals surface area contributed by atoms with Gasteiger partial charge in [-0.15, -0.1) is 5.10 Å². The largest absolute Gasteiger partial charge is 0.407 e. The van der Waals surface area contributed by atoms with Gasteiger partial charge in [0.2, 0.25) is 5.89 Å². The molecule has 2 bridgehead atoms. The standard InChI is InChI=1S/C12H20N4O2/c1-17-5-4-13-7-11-14-15-12(18-11)16-8-9-2-3-10(16)6-9/h9-10,13H,2-8H2,1H3. The Morgan fingerprint density at radius 3 is 3.11 bits per heavy atom. The highest BCUT2D eigenvalue weighted by atomic mass is 16.5. The highest BCUT2D eigenvalue weighted by Crippen LogP contribution is 2.39. The van der Waals surface area contributed by atoms with Crippen molar-refractivity contribution in [2.24, 2.45) is 5.92 Å². The Kier molecular flexibility index (Phi) is 3.47. The third kappa shape index (κ3) is 2.35. The molecule has 6 nitrogen and oxygen atoms in total. The summed E-state index contributed by atoms with van der Waals surface area (Å²) in [6.45, 7) is 3.18. The number of aromatic nitrogens is 2. The first-order valence-electron chi connectivity index (χ1n) is 6.65. The van der Waals surface area contributed by atoms with Crippen molar-refractivity contribution in [1.82, 2.24) is 15.5 Å². The number of hydrogen-bond acceptors (Lipinski definition) is 6. The molecule has 0 radical (unpaired) electrons. The van der Waals surface area contributed by atoms with Crippen LogP contribution >= 0.6 is 0 Å². The number of piperidine rings is 1. The molecule has 1 aromatic heterocycles. The van der Waals surface area contributed by atoms with E-state index < -0.39 is 0 Å². The quantitative estimate of drug-likeness (QED) is 0.755. The van der Waals surface area contributed by atoms with E-state index in [4.69, 9.17) is 9.15 Å². The molecule has 6 heteroatoms. The lowest BCUT2D eigenvalue weighted by Gasteiger charge is -2.24. The van der Waals surface area contributed by atoms with Crippen molar-refractivity contribution in [3.63, 3.8) is 0 Å². The van der Waals surface area contributed by atoms with Crippen molar-refractivity contribution in [2.75, 3.05) is 31.7 Å². The van der Waals surface area contributed by atoms with Gasteiger partial charge in [0.05, 0.1) is 13.2 Å². The molecule has 1 saturated heterocycles. The van der Waals surface area contributed by atoms with E-state index >= 15 is 0 Å². The van der Waals surface area contributed by atoms with Crippen molar-refractivity contribution in [3.05, 3.63) is 5.89 Å². The second-order valence-corrected chi connectivity index (χ2v) is 5.13. The molecule has 100 valence electrons. The van der Waals surface area contributed by atoms with Crippen LogP contribution in [0.2, 0.25) is 0 Å². The molecule has 0 amide bonds. The molecule has 18 heavy (non-hydrogen) atoms. The summed E-state index contributed by atoms with van der Waals surface area (Å²) in [5.41, 5.74) is 0. The SMILES string of the molecule is COCCNCc1nnc(N2CC3CCC2C3)o1. The summed E-state index contributed by atoms with van der Waals surface area (Å²) in [7, 11) is 1.69. The van der Waals surface area contributed by atoms with E-state index in [-0.39, 0.29) is 0 Å². The van der Waals surface area contributed by atoms with Gasteiger partial charge in [0.1, 0.15) is 0 Å². The van der Waals surface area contributed by atoms with E-state index in [2.05, 4.69) is 20.4 Å². The van der Waals surface area contributed by atoms with Gasteiger partial charge in [0.15, 0.2) is 0 Å². The Hall–Kier alpha value is -1.14. The molecular formula is C12H20N4O2. The number of ether oxygens (including phenoxy) is 1. The molecule has 1 N–H and O–H groups in total. The zero-order chi connectivity index (χ0) is 12.4. The number of fused-ring (bicyclic) bond motifs is 2. The molecule has 2 heterocycles. The Morgan fingerprint density at radius 2 is 2.39 bits per heavy atom. The third-order valence-electron chi connectivity index (χ3n) is 3.87. The van der Waals surface area contributed by atoms with E-state index in [1.807, 2.05) is 0 Å². The van der Waals surface area contributed by atoms with E-state index in [1.54, 1.807) is 7.11 Å². The molecule has 0 spiro atoms. The molecule has 2 atom stereocenters. The second kappa shape index (κ2) is 5.24. The predicted molar refractivity (Wildman–Crippen MR) is 66.4 cm³/mol. The maximum absolute atomic E-state index is 5.70. The average Bonchev–Trinajstić information content (AvgIpc) is 3.09. The normalized spacial score (nSPS) is 26.2. The molecule has 1 aliphatic carbocycles. The lowest BCUT2D eigenvalue weighted by Crippen LogP contribution is -2.32. The molecule has 1 saturated carbocycles. The zero-order valence-electron chi connectivity index (χ0n) is 10.8. The third-order valence-corrected chi connectivity index (χ3v) is 3.87. The molecular weight excluding hydrogens is 232 g/mol. The summed E-state index contributed by atoms with van der Waals surface area (Å²) in [5.74, 6) is 1.49. The van der Waals surface area contributed by atoms with E-state index in [0.29, 0.717) is 31.1 Å². The summed E-state index contributed by atoms with van der Waals surface area (Å²) < 4.78 is 10.7. The van der Waals surface area contributed by atoms with Crippen LogP contribution in [-0.2, 0) is 11.3 Å². The van der Waals surface area contributed by atoms with Crippen LogP contribution in [0.5, 0.6) is 0 Å². The minimum absolute atomic E-state index is 0.609. The van der Waals surface area contributed by atoms with E-state index in [1.165, 1.54) is 19.3 Å². The first kappa shape index (κ1) is 11.9. The van der Waals surface area contributed by atoms with Crippen molar-refractivity contribution in [1.29, 1.82) is 0 Å². The monoisotopic (exact) mass is 252 g/mol. The van der Waals surface area contributed by atoms with Gasteiger partial charge >= 0.3 is 6.01 Å². The Labute approximate surface area is 107 Å². The lowest BCUT2D eigenvalue weighted by molar-refractivity contribution is 0.198. The number of anilines is 1. The van der Waals surface area contributed by atoms with Crippen molar-refractivity contribution in [3.8, 4) is 0 Å².